The molecular weight excluding hydrogens is 218 g/mol. The van der Waals surface area contributed by atoms with Crippen LogP contribution >= 0.6 is 0 Å². The van der Waals surface area contributed by atoms with Gasteiger partial charge in [0.15, 0.2) is 6.61 Å². The van der Waals surface area contributed by atoms with E-state index in [0.29, 0.717) is 11.7 Å². The molecule has 0 aliphatic rings. The SMILES string of the molecule is CC(C)C(C)NC(=O)COc1ccc(O)cc1. The minimum absolute atomic E-state index is 0.0121. The Morgan fingerprint density at radius 2 is 1.88 bits per heavy atom. The molecule has 0 bridgehead atoms. The third-order valence-electron chi connectivity index (χ3n) is 2.60. The van der Waals surface area contributed by atoms with E-state index in [0.717, 1.165) is 0 Å². The van der Waals surface area contributed by atoms with Crippen LogP contribution in [0, 0.1) is 5.92 Å². The molecule has 1 atom stereocenters. The summed E-state index contributed by atoms with van der Waals surface area (Å²) in [7, 11) is 0. The van der Waals surface area contributed by atoms with Crippen molar-refractivity contribution >= 4 is 5.91 Å². The lowest BCUT2D eigenvalue weighted by Crippen LogP contribution is -2.38. The van der Waals surface area contributed by atoms with E-state index in [1.807, 2.05) is 20.8 Å². The average Bonchev–Trinajstić information content (AvgIpc) is 2.28. The first-order valence-corrected chi connectivity index (χ1v) is 5.70. The third-order valence-corrected chi connectivity index (χ3v) is 2.60. The van der Waals surface area contributed by atoms with Gasteiger partial charge in [-0.25, -0.2) is 0 Å². The van der Waals surface area contributed by atoms with Crippen molar-refractivity contribution in [2.45, 2.75) is 26.8 Å². The van der Waals surface area contributed by atoms with E-state index in [-0.39, 0.29) is 24.3 Å². The predicted octanol–water partition coefficient (Wildman–Crippen LogP) is 1.93. The molecular formula is C13H19NO3. The van der Waals surface area contributed by atoms with Gasteiger partial charge in [0, 0.05) is 6.04 Å². The Morgan fingerprint density at radius 1 is 1.29 bits per heavy atom. The van der Waals surface area contributed by atoms with E-state index < -0.39 is 0 Å². The fraction of sp³-hybridized carbons (Fsp3) is 0.462. The van der Waals surface area contributed by atoms with E-state index in [9.17, 15) is 4.79 Å². The van der Waals surface area contributed by atoms with Crippen molar-refractivity contribution in [1.82, 2.24) is 5.32 Å². The molecule has 1 rings (SSSR count). The molecule has 0 radical (unpaired) electrons. The molecule has 1 unspecified atom stereocenters. The number of phenols is 1. The number of ether oxygens (including phenoxy) is 1. The molecule has 1 aromatic rings. The van der Waals surface area contributed by atoms with Crippen molar-refractivity contribution in [1.29, 1.82) is 0 Å². The molecule has 0 fully saturated rings. The van der Waals surface area contributed by atoms with Crippen LogP contribution in [0.2, 0.25) is 0 Å². The number of carbonyl (C=O) groups is 1. The molecule has 1 aromatic carbocycles. The van der Waals surface area contributed by atoms with E-state index in [2.05, 4.69) is 5.32 Å². The van der Waals surface area contributed by atoms with E-state index in [1.54, 1.807) is 12.1 Å². The maximum atomic E-state index is 11.5. The molecule has 0 saturated carbocycles. The first-order chi connectivity index (χ1) is 7.99. The number of phenolic OH excluding ortho intramolecular Hbond substituents is 1. The number of hydrogen-bond acceptors (Lipinski definition) is 3. The van der Waals surface area contributed by atoms with E-state index in [4.69, 9.17) is 9.84 Å². The highest BCUT2D eigenvalue weighted by atomic mass is 16.5. The monoisotopic (exact) mass is 237 g/mol. The summed E-state index contributed by atoms with van der Waals surface area (Å²) in [6.45, 7) is 6.04. The smallest absolute Gasteiger partial charge is 0.258 e. The second-order valence-electron chi connectivity index (χ2n) is 4.38. The largest absolute Gasteiger partial charge is 0.508 e. The molecule has 0 aromatic heterocycles. The first-order valence-electron chi connectivity index (χ1n) is 5.70. The number of amides is 1. The molecule has 0 aliphatic carbocycles. The molecule has 4 heteroatoms. The Labute approximate surface area is 102 Å². The van der Waals surface area contributed by atoms with Crippen molar-refractivity contribution in [2.24, 2.45) is 5.92 Å². The summed E-state index contributed by atoms with van der Waals surface area (Å²) in [4.78, 5) is 11.5. The predicted molar refractivity (Wildman–Crippen MR) is 66.0 cm³/mol. The third kappa shape index (κ3) is 4.76. The Morgan fingerprint density at radius 3 is 2.41 bits per heavy atom. The molecule has 0 spiro atoms. The van der Waals surface area contributed by atoms with E-state index >= 15 is 0 Å². The van der Waals surface area contributed by atoms with Crippen molar-refractivity contribution in [3.05, 3.63) is 24.3 Å². The lowest BCUT2D eigenvalue weighted by molar-refractivity contribution is -0.124. The quantitative estimate of drug-likeness (QED) is 0.822. The highest BCUT2D eigenvalue weighted by molar-refractivity contribution is 5.77. The van der Waals surface area contributed by atoms with Crippen LogP contribution in [0.15, 0.2) is 24.3 Å². The van der Waals surface area contributed by atoms with Gasteiger partial charge in [0.1, 0.15) is 11.5 Å². The van der Waals surface area contributed by atoms with Crippen LogP contribution in [0.3, 0.4) is 0 Å². The van der Waals surface area contributed by atoms with Gasteiger partial charge in [-0.05, 0) is 37.1 Å². The number of hydrogen-bond donors (Lipinski definition) is 2. The van der Waals surface area contributed by atoms with Crippen LogP contribution in [0.5, 0.6) is 11.5 Å². The Bertz CT molecular complexity index is 359. The van der Waals surface area contributed by atoms with Gasteiger partial charge in [-0.2, -0.15) is 0 Å². The van der Waals surface area contributed by atoms with Gasteiger partial charge in [-0.1, -0.05) is 13.8 Å². The van der Waals surface area contributed by atoms with Gasteiger partial charge in [0.25, 0.3) is 5.91 Å². The Balaban J connectivity index is 2.35. The first kappa shape index (κ1) is 13.4. The van der Waals surface area contributed by atoms with Gasteiger partial charge in [-0.15, -0.1) is 0 Å². The second kappa shape index (κ2) is 6.13. The average molecular weight is 237 g/mol. The highest BCUT2D eigenvalue weighted by Gasteiger charge is 2.10. The van der Waals surface area contributed by atoms with Crippen LogP contribution in [0.25, 0.3) is 0 Å². The summed E-state index contributed by atoms with van der Waals surface area (Å²) < 4.78 is 5.28. The van der Waals surface area contributed by atoms with Crippen LogP contribution in [-0.2, 0) is 4.79 Å². The number of carbonyl (C=O) groups excluding carboxylic acids is 1. The van der Waals surface area contributed by atoms with E-state index in [1.165, 1.54) is 12.1 Å². The fourth-order valence-corrected chi connectivity index (χ4v) is 1.15. The molecule has 1 amide bonds. The minimum atomic E-state index is -0.140. The molecule has 0 saturated heterocycles. The lowest BCUT2D eigenvalue weighted by atomic mass is 10.1. The van der Waals surface area contributed by atoms with Crippen molar-refractivity contribution in [2.75, 3.05) is 6.61 Å². The number of rotatable bonds is 5. The Kier molecular flexibility index (Phi) is 4.82. The van der Waals surface area contributed by atoms with Crippen LogP contribution in [0.4, 0.5) is 0 Å². The fourth-order valence-electron chi connectivity index (χ4n) is 1.15. The molecule has 0 heterocycles. The van der Waals surface area contributed by atoms with Gasteiger partial charge < -0.3 is 15.2 Å². The summed E-state index contributed by atoms with van der Waals surface area (Å²) in [6.07, 6.45) is 0. The van der Waals surface area contributed by atoms with Gasteiger partial charge in [0.2, 0.25) is 0 Å². The Hall–Kier alpha value is -1.71. The molecule has 0 aliphatic heterocycles. The number of benzene rings is 1. The standard InChI is InChI=1S/C13H19NO3/c1-9(2)10(3)14-13(16)8-17-12-6-4-11(15)5-7-12/h4-7,9-10,15H,8H2,1-3H3,(H,14,16). The summed E-state index contributed by atoms with van der Waals surface area (Å²) in [5.74, 6) is 0.997. The topological polar surface area (TPSA) is 58.6 Å². The molecule has 2 N–H and O–H groups in total. The van der Waals surface area contributed by atoms with Gasteiger partial charge in [0.05, 0.1) is 0 Å². The van der Waals surface area contributed by atoms with Gasteiger partial charge >= 0.3 is 0 Å². The summed E-state index contributed by atoms with van der Waals surface area (Å²) in [6, 6.07) is 6.41. The van der Waals surface area contributed by atoms with Crippen molar-refractivity contribution in [3.63, 3.8) is 0 Å². The van der Waals surface area contributed by atoms with Gasteiger partial charge in [-0.3, -0.25) is 4.79 Å². The van der Waals surface area contributed by atoms with Crippen LogP contribution in [-0.4, -0.2) is 23.7 Å². The maximum Gasteiger partial charge on any atom is 0.258 e. The van der Waals surface area contributed by atoms with Crippen LogP contribution < -0.4 is 10.1 Å². The zero-order valence-corrected chi connectivity index (χ0v) is 10.4. The number of nitrogens with one attached hydrogen (secondary N) is 1. The molecule has 17 heavy (non-hydrogen) atoms. The lowest BCUT2D eigenvalue weighted by Gasteiger charge is -2.17. The zero-order valence-electron chi connectivity index (χ0n) is 10.4. The highest BCUT2D eigenvalue weighted by Crippen LogP contribution is 2.15. The van der Waals surface area contributed by atoms with Crippen molar-refractivity contribution < 1.29 is 14.6 Å². The zero-order chi connectivity index (χ0) is 12.8. The number of aromatic hydroxyl groups is 1. The second-order valence-corrected chi connectivity index (χ2v) is 4.38. The summed E-state index contributed by atoms with van der Waals surface area (Å²) in [5.41, 5.74) is 0. The molecule has 94 valence electrons. The summed E-state index contributed by atoms with van der Waals surface area (Å²) in [5, 5.41) is 11.9. The van der Waals surface area contributed by atoms with Crippen LogP contribution in [0.1, 0.15) is 20.8 Å². The summed E-state index contributed by atoms with van der Waals surface area (Å²) >= 11 is 0. The molecule has 4 nitrogen and oxygen atoms in total. The van der Waals surface area contributed by atoms with Crippen molar-refractivity contribution in [3.8, 4) is 11.5 Å². The minimum Gasteiger partial charge on any atom is -0.508 e. The normalized spacial score (nSPS) is 12.2. The maximum absolute atomic E-state index is 11.5.